The van der Waals surface area contributed by atoms with E-state index in [-0.39, 0.29) is 11.9 Å². The van der Waals surface area contributed by atoms with Crippen molar-refractivity contribution in [2.45, 2.75) is 51.2 Å². The van der Waals surface area contributed by atoms with Crippen molar-refractivity contribution >= 4 is 5.91 Å². The highest BCUT2D eigenvalue weighted by Gasteiger charge is 2.47. The molecule has 110 valence electrons. The molecule has 19 heavy (non-hydrogen) atoms. The van der Waals surface area contributed by atoms with Gasteiger partial charge in [-0.2, -0.15) is 13.2 Å². The van der Waals surface area contributed by atoms with Crippen molar-refractivity contribution < 1.29 is 18.0 Å². The molecule has 0 aromatic rings. The van der Waals surface area contributed by atoms with Crippen LogP contribution >= 0.6 is 0 Å². The first-order valence-electron chi connectivity index (χ1n) is 6.96. The minimum atomic E-state index is -4.31. The van der Waals surface area contributed by atoms with Crippen molar-refractivity contribution in [2.75, 3.05) is 19.6 Å². The lowest BCUT2D eigenvalue weighted by molar-refractivity contribution is -0.170. The van der Waals surface area contributed by atoms with Gasteiger partial charge in [0.25, 0.3) is 0 Å². The number of rotatable bonds is 4. The van der Waals surface area contributed by atoms with Crippen LogP contribution in [-0.4, -0.2) is 42.7 Å². The predicted octanol–water partition coefficient (Wildman–Crippen LogP) is 2.32. The zero-order valence-corrected chi connectivity index (χ0v) is 11.2. The molecule has 1 unspecified atom stereocenters. The molecule has 1 amide bonds. The van der Waals surface area contributed by atoms with E-state index in [0.29, 0.717) is 32.2 Å². The summed E-state index contributed by atoms with van der Waals surface area (Å²) in [6.45, 7) is 2.14. The van der Waals surface area contributed by atoms with Crippen molar-refractivity contribution in [1.29, 1.82) is 0 Å². The summed E-state index contributed by atoms with van der Waals surface area (Å²) >= 11 is 0. The van der Waals surface area contributed by atoms with Gasteiger partial charge in [-0.3, -0.25) is 4.79 Å². The molecule has 0 radical (unpaired) electrons. The van der Waals surface area contributed by atoms with E-state index in [4.69, 9.17) is 0 Å². The van der Waals surface area contributed by atoms with Crippen LogP contribution < -0.4 is 5.32 Å². The van der Waals surface area contributed by atoms with Crippen LogP contribution in [-0.2, 0) is 4.79 Å². The molecule has 1 atom stereocenters. The van der Waals surface area contributed by atoms with Gasteiger partial charge < -0.3 is 10.2 Å². The Morgan fingerprint density at radius 3 is 2.53 bits per heavy atom. The van der Waals surface area contributed by atoms with Gasteiger partial charge >= 0.3 is 6.18 Å². The number of nitrogens with one attached hydrogen (secondary N) is 1. The van der Waals surface area contributed by atoms with Crippen LogP contribution in [0.3, 0.4) is 0 Å². The van der Waals surface area contributed by atoms with Crippen LogP contribution in [0.15, 0.2) is 0 Å². The third kappa shape index (κ3) is 3.41. The summed E-state index contributed by atoms with van der Waals surface area (Å²) in [5.41, 5.74) is -0.633. The number of piperidine rings is 1. The standard InChI is InChI=1S/C13H21F3N2O/c1-2-12(6-3-7-17-8-12)11(19)18(10-4-5-10)9-13(14,15)16/h10,17H,2-9H2,1H3. The van der Waals surface area contributed by atoms with Crippen LogP contribution in [0, 0.1) is 5.41 Å². The second-order valence-electron chi connectivity index (χ2n) is 5.69. The van der Waals surface area contributed by atoms with Crippen LogP contribution in [0.2, 0.25) is 0 Å². The van der Waals surface area contributed by atoms with Crippen LogP contribution in [0.4, 0.5) is 13.2 Å². The lowest BCUT2D eigenvalue weighted by Crippen LogP contribution is -2.54. The van der Waals surface area contributed by atoms with Gasteiger partial charge in [0.15, 0.2) is 0 Å². The maximum atomic E-state index is 12.6. The Morgan fingerprint density at radius 2 is 2.11 bits per heavy atom. The van der Waals surface area contributed by atoms with Gasteiger partial charge in [0.2, 0.25) is 5.91 Å². The lowest BCUT2D eigenvalue weighted by Gasteiger charge is -2.40. The molecule has 1 aliphatic heterocycles. The number of halogens is 3. The van der Waals surface area contributed by atoms with E-state index in [0.717, 1.165) is 17.9 Å². The van der Waals surface area contributed by atoms with E-state index in [2.05, 4.69) is 5.32 Å². The molecular weight excluding hydrogens is 257 g/mol. The first-order valence-corrected chi connectivity index (χ1v) is 6.96. The minimum Gasteiger partial charge on any atom is -0.330 e. The molecule has 2 fully saturated rings. The summed E-state index contributed by atoms with van der Waals surface area (Å²) in [5.74, 6) is -0.304. The first kappa shape index (κ1) is 14.6. The van der Waals surface area contributed by atoms with Gasteiger partial charge in [-0.05, 0) is 38.6 Å². The van der Waals surface area contributed by atoms with Crippen molar-refractivity contribution in [3.63, 3.8) is 0 Å². The Balaban J connectivity index is 2.13. The fourth-order valence-electron chi connectivity index (χ4n) is 2.85. The van der Waals surface area contributed by atoms with Gasteiger partial charge in [0.05, 0.1) is 5.41 Å². The molecular formula is C13H21F3N2O. The molecule has 3 nitrogen and oxygen atoms in total. The Morgan fingerprint density at radius 1 is 1.42 bits per heavy atom. The maximum Gasteiger partial charge on any atom is 0.406 e. The molecule has 0 bridgehead atoms. The highest BCUT2D eigenvalue weighted by Crippen LogP contribution is 2.38. The number of hydrogen-bond acceptors (Lipinski definition) is 2. The van der Waals surface area contributed by atoms with E-state index in [1.54, 1.807) is 0 Å². The van der Waals surface area contributed by atoms with Crippen molar-refractivity contribution in [2.24, 2.45) is 5.41 Å². The third-order valence-electron chi connectivity index (χ3n) is 4.20. The lowest BCUT2D eigenvalue weighted by atomic mass is 9.77. The topological polar surface area (TPSA) is 32.3 Å². The molecule has 6 heteroatoms. The maximum absolute atomic E-state index is 12.6. The Hall–Kier alpha value is -0.780. The van der Waals surface area contributed by atoms with Crippen molar-refractivity contribution in [3.8, 4) is 0 Å². The molecule has 1 saturated heterocycles. The molecule has 2 aliphatic rings. The van der Waals surface area contributed by atoms with Crippen LogP contribution in [0.5, 0.6) is 0 Å². The molecule has 1 N–H and O–H groups in total. The summed E-state index contributed by atoms with van der Waals surface area (Å²) in [7, 11) is 0. The van der Waals surface area contributed by atoms with E-state index in [1.807, 2.05) is 6.92 Å². The van der Waals surface area contributed by atoms with Gasteiger partial charge in [-0.25, -0.2) is 0 Å². The van der Waals surface area contributed by atoms with E-state index < -0.39 is 18.1 Å². The van der Waals surface area contributed by atoms with Gasteiger partial charge in [0, 0.05) is 12.6 Å². The minimum absolute atomic E-state index is 0.195. The predicted molar refractivity (Wildman–Crippen MR) is 65.6 cm³/mol. The molecule has 0 spiro atoms. The molecule has 1 heterocycles. The normalized spacial score (nSPS) is 28.2. The number of nitrogens with zero attached hydrogens (tertiary/aromatic N) is 1. The smallest absolute Gasteiger partial charge is 0.330 e. The summed E-state index contributed by atoms with van der Waals surface area (Å²) in [5, 5.41) is 3.16. The average molecular weight is 278 g/mol. The number of amides is 1. The average Bonchev–Trinajstić information content (AvgIpc) is 3.19. The number of carbonyl (C=O) groups excluding carboxylic acids is 1. The van der Waals surface area contributed by atoms with Gasteiger partial charge in [-0.1, -0.05) is 6.92 Å². The summed E-state index contributed by atoms with van der Waals surface area (Å²) in [6, 6.07) is -0.195. The zero-order valence-electron chi connectivity index (χ0n) is 11.2. The summed E-state index contributed by atoms with van der Waals surface area (Å²) < 4.78 is 37.9. The van der Waals surface area contributed by atoms with Crippen molar-refractivity contribution in [3.05, 3.63) is 0 Å². The molecule has 2 rings (SSSR count). The van der Waals surface area contributed by atoms with Crippen LogP contribution in [0.25, 0.3) is 0 Å². The quantitative estimate of drug-likeness (QED) is 0.856. The largest absolute Gasteiger partial charge is 0.406 e. The molecule has 0 aromatic carbocycles. The molecule has 0 aromatic heterocycles. The van der Waals surface area contributed by atoms with E-state index in [1.165, 1.54) is 0 Å². The number of hydrogen-bond donors (Lipinski definition) is 1. The van der Waals surface area contributed by atoms with E-state index in [9.17, 15) is 18.0 Å². The SMILES string of the molecule is CCC1(C(=O)N(CC(F)(F)F)C2CC2)CCCNC1. The Labute approximate surface area is 111 Å². The highest BCUT2D eigenvalue weighted by molar-refractivity contribution is 5.83. The van der Waals surface area contributed by atoms with E-state index >= 15 is 0 Å². The summed E-state index contributed by atoms with van der Waals surface area (Å²) in [6.07, 6.45) is -0.764. The Bertz CT molecular complexity index is 333. The van der Waals surface area contributed by atoms with Crippen molar-refractivity contribution in [1.82, 2.24) is 10.2 Å². The zero-order chi connectivity index (χ0) is 14.1. The first-order chi connectivity index (χ1) is 8.88. The highest BCUT2D eigenvalue weighted by atomic mass is 19.4. The number of carbonyl (C=O) groups is 1. The monoisotopic (exact) mass is 278 g/mol. The second kappa shape index (κ2) is 5.31. The fraction of sp³-hybridized carbons (Fsp3) is 0.923. The summed E-state index contributed by atoms with van der Waals surface area (Å²) in [4.78, 5) is 13.7. The van der Waals surface area contributed by atoms with Crippen LogP contribution in [0.1, 0.15) is 39.0 Å². The molecule has 1 aliphatic carbocycles. The van der Waals surface area contributed by atoms with Gasteiger partial charge in [0.1, 0.15) is 6.54 Å². The molecule has 1 saturated carbocycles. The fourth-order valence-corrected chi connectivity index (χ4v) is 2.85. The second-order valence-corrected chi connectivity index (χ2v) is 5.69. The number of alkyl halides is 3. The third-order valence-corrected chi connectivity index (χ3v) is 4.20. The van der Waals surface area contributed by atoms with Gasteiger partial charge in [-0.15, -0.1) is 0 Å². The Kier molecular flexibility index (Phi) is 4.08.